The number of rotatable bonds is 27. The van der Waals surface area contributed by atoms with Crippen LogP contribution in [0.5, 0.6) is 0 Å². The van der Waals surface area contributed by atoms with E-state index in [9.17, 15) is 67.7 Å². The number of nitrogens with zero attached hydrogens (tertiary/aromatic N) is 3. The van der Waals surface area contributed by atoms with Crippen LogP contribution in [0.1, 0.15) is 142 Å². The third kappa shape index (κ3) is 13.2. The predicted molar refractivity (Wildman–Crippen MR) is 289 cm³/mol. The molecule has 23 heteroatoms. The Labute approximate surface area is 470 Å². The summed E-state index contributed by atoms with van der Waals surface area (Å²) in [5.41, 5.74) is 2.06. The number of benzene rings is 2. The molecular weight excluding hydrogens is 1070 g/mol. The SMILES string of the molecule is CC[C@@]1(O)C(=O)OCc2c1cc1n(c2=O)Cc2c-1nc1cc(F)c(C)c3c1c2[C@@H](NC(=O)CCCNC(=O)CCC(=O)[C@H](Cc1ccccc1)NC(=O)CCC(=O)CNC(=O)[C@H](CC(=O)O)CC(=O)CCCN1C(=O)CC(C)C1=O)CC3. The van der Waals surface area contributed by atoms with E-state index in [4.69, 9.17) is 9.72 Å². The molecule has 0 saturated carbocycles. The normalized spacial score (nSPS) is 18.4. The number of hydrogen-bond donors (Lipinski definition) is 6. The van der Waals surface area contributed by atoms with Crippen LogP contribution in [0.4, 0.5) is 4.39 Å². The molecule has 2 aromatic carbocycles. The van der Waals surface area contributed by atoms with Gasteiger partial charge >= 0.3 is 11.9 Å². The molecule has 82 heavy (non-hydrogen) atoms. The number of hydrogen-bond acceptors (Lipinski definition) is 15. The number of nitrogens with one attached hydrogen (secondary N) is 4. The van der Waals surface area contributed by atoms with Crippen LogP contribution >= 0.6 is 0 Å². The minimum Gasteiger partial charge on any atom is -0.481 e. The second kappa shape index (κ2) is 25.6. The maximum atomic E-state index is 15.4. The van der Waals surface area contributed by atoms with E-state index in [1.807, 2.05) is 0 Å². The van der Waals surface area contributed by atoms with Crippen molar-refractivity contribution in [2.45, 2.75) is 148 Å². The summed E-state index contributed by atoms with van der Waals surface area (Å²) in [7, 11) is 0. The van der Waals surface area contributed by atoms with Gasteiger partial charge in [-0.25, -0.2) is 14.2 Å². The van der Waals surface area contributed by atoms with Crippen molar-refractivity contribution in [3.63, 3.8) is 0 Å². The summed E-state index contributed by atoms with van der Waals surface area (Å²) in [5.74, 6) is -8.92. The predicted octanol–water partition coefficient (Wildman–Crippen LogP) is 3.29. The van der Waals surface area contributed by atoms with Gasteiger partial charge in [0.2, 0.25) is 35.4 Å². The van der Waals surface area contributed by atoms with E-state index in [0.29, 0.717) is 57.4 Å². The molecule has 4 aromatic rings. The monoisotopic (exact) mass is 1130 g/mol. The van der Waals surface area contributed by atoms with Gasteiger partial charge in [0.1, 0.15) is 18.2 Å². The van der Waals surface area contributed by atoms with Gasteiger partial charge in [0.25, 0.3) is 5.56 Å². The van der Waals surface area contributed by atoms with Gasteiger partial charge in [-0.05, 0) is 73.8 Å². The minimum absolute atomic E-state index is 0.000487. The molecule has 3 aliphatic heterocycles. The molecule has 22 nitrogen and oxygen atoms in total. The molecule has 6 N–H and O–H groups in total. The highest BCUT2D eigenvalue weighted by Gasteiger charge is 2.46. The fourth-order valence-electron chi connectivity index (χ4n) is 11.3. The Morgan fingerprint density at radius 2 is 1.61 bits per heavy atom. The molecule has 1 saturated heterocycles. The number of ketones is 3. The van der Waals surface area contributed by atoms with Crippen molar-refractivity contribution < 1.29 is 72.1 Å². The van der Waals surface area contributed by atoms with E-state index in [1.54, 1.807) is 57.2 Å². The van der Waals surface area contributed by atoms with Crippen molar-refractivity contribution in [2.75, 3.05) is 19.6 Å². The van der Waals surface area contributed by atoms with Crippen molar-refractivity contribution in [1.82, 2.24) is 35.7 Å². The van der Waals surface area contributed by atoms with Gasteiger partial charge in [-0.15, -0.1) is 0 Å². The molecule has 2 aromatic heterocycles. The maximum Gasteiger partial charge on any atom is 0.343 e. The van der Waals surface area contributed by atoms with E-state index < -0.39 is 107 Å². The zero-order valence-corrected chi connectivity index (χ0v) is 45.9. The number of carbonyl (C=O) groups is 11. The first-order valence-corrected chi connectivity index (χ1v) is 27.7. The van der Waals surface area contributed by atoms with Gasteiger partial charge in [0, 0.05) is 93.0 Å². The van der Waals surface area contributed by atoms with Gasteiger partial charge in [-0.3, -0.25) is 57.6 Å². The number of fused-ring (bicyclic) bond motifs is 5. The van der Waals surface area contributed by atoms with Crippen LogP contribution in [0.3, 0.4) is 0 Å². The second-order valence-electron chi connectivity index (χ2n) is 21.6. The first-order valence-electron chi connectivity index (χ1n) is 27.7. The fraction of sp³-hybridized carbons (Fsp3) is 0.475. The number of carboxylic acid groups (broad SMARTS) is 1. The molecule has 434 valence electrons. The Morgan fingerprint density at radius 1 is 0.866 bits per heavy atom. The zero-order chi connectivity index (χ0) is 59.2. The lowest BCUT2D eigenvalue weighted by atomic mass is 9.81. The molecule has 1 unspecified atom stereocenters. The van der Waals surface area contributed by atoms with Crippen LogP contribution in [0.2, 0.25) is 0 Å². The molecule has 1 fully saturated rings. The van der Waals surface area contributed by atoms with E-state index in [0.717, 1.165) is 10.5 Å². The van der Waals surface area contributed by atoms with E-state index in [2.05, 4.69) is 21.3 Å². The molecule has 5 atom stereocenters. The van der Waals surface area contributed by atoms with Crippen LogP contribution < -0.4 is 26.8 Å². The summed E-state index contributed by atoms with van der Waals surface area (Å²) in [6.07, 6.45) is -1.16. The summed E-state index contributed by atoms with van der Waals surface area (Å²) in [5, 5.41) is 32.3. The lowest BCUT2D eigenvalue weighted by molar-refractivity contribution is -0.172. The van der Waals surface area contributed by atoms with Crippen LogP contribution in [-0.2, 0) is 89.1 Å². The third-order valence-corrected chi connectivity index (χ3v) is 15.9. The summed E-state index contributed by atoms with van der Waals surface area (Å²) >= 11 is 0. The standard InChI is InChI=1S/C59H66FN7O15/c1-4-59(81)40-26-45-54-38(29-67(45)57(79)39(40)30-82-58(59)80)53-42(16-15-37-32(3)41(60)27-44(65-54)52(37)53)63-48(72)13-8-20-61-47(71)19-17-46(70)43(23-33-10-6-5-7-11-33)64-49(73)18-14-36(69)28-62-55(77)34(25-51(75)76)24-35(68)12-9-21-66-50(74)22-31(2)56(66)78/h5-7,10-11,26-27,31,34,42-43,81H,4,8-9,12-25,28-30H2,1-3H3,(H,61,71)(H,62,77)(H,63,72)(H,64,73)(H,75,76)/t31?,34-,42-,43-,59-/m0/s1. The van der Waals surface area contributed by atoms with Crippen molar-refractivity contribution in [3.8, 4) is 11.4 Å². The number of esters is 1. The van der Waals surface area contributed by atoms with Crippen molar-refractivity contribution in [1.29, 1.82) is 0 Å². The van der Waals surface area contributed by atoms with Gasteiger partial charge in [-0.1, -0.05) is 44.2 Å². The number of Topliss-reactive ketones (excluding diaryl/α,β-unsaturated/α-hetero) is 3. The first-order chi connectivity index (χ1) is 39.1. The Morgan fingerprint density at radius 3 is 2.32 bits per heavy atom. The van der Waals surface area contributed by atoms with Gasteiger partial charge < -0.3 is 40.8 Å². The van der Waals surface area contributed by atoms with Gasteiger partial charge in [0.05, 0.1) is 60.0 Å². The number of carboxylic acids is 1. The average Bonchev–Trinajstić information content (AvgIpc) is 2.98. The number of amides is 6. The number of ether oxygens (including phenoxy) is 1. The van der Waals surface area contributed by atoms with Crippen LogP contribution in [0.15, 0.2) is 47.3 Å². The third-order valence-electron chi connectivity index (χ3n) is 15.9. The fourth-order valence-corrected chi connectivity index (χ4v) is 11.3. The number of cyclic esters (lactones) is 1. The molecular formula is C59H66FN7O15. The number of carbonyl (C=O) groups excluding carboxylic acids is 10. The van der Waals surface area contributed by atoms with Gasteiger partial charge in [-0.2, -0.15) is 0 Å². The first kappa shape index (κ1) is 59.8. The number of halogens is 1. The highest BCUT2D eigenvalue weighted by molar-refractivity contribution is 6.03. The van der Waals surface area contributed by atoms with Crippen LogP contribution in [-0.4, -0.2) is 115 Å². The number of imide groups is 1. The highest BCUT2D eigenvalue weighted by atomic mass is 19.1. The summed E-state index contributed by atoms with van der Waals surface area (Å²) in [6, 6.07) is 10.1. The van der Waals surface area contributed by atoms with E-state index in [1.165, 1.54) is 10.6 Å². The summed E-state index contributed by atoms with van der Waals surface area (Å²) in [4.78, 5) is 160. The van der Waals surface area contributed by atoms with Crippen LogP contribution in [0.25, 0.3) is 22.3 Å². The molecule has 0 spiro atoms. The number of likely N-dealkylation sites (tertiary alicyclic amines) is 1. The zero-order valence-electron chi connectivity index (χ0n) is 45.9. The molecule has 6 amide bonds. The second-order valence-corrected chi connectivity index (χ2v) is 21.6. The molecule has 8 rings (SSSR count). The summed E-state index contributed by atoms with van der Waals surface area (Å²) < 4.78 is 22.1. The number of aliphatic hydroxyl groups is 1. The van der Waals surface area contributed by atoms with Crippen molar-refractivity contribution in [2.24, 2.45) is 11.8 Å². The van der Waals surface area contributed by atoms with Crippen LogP contribution in [0, 0.1) is 24.6 Å². The highest BCUT2D eigenvalue weighted by Crippen LogP contribution is 2.46. The number of aromatic nitrogens is 2. The Hall–Kier alpha value is -8.34. The Kier molecular flexibility index (Phi) is 18.7. The Bertz CT molecular complexity index is 3360. The largest absolute Gasteiger partial charge is 0.481 e. The average molecular weight is 1130 g/mol. The number of aryl methyl sites for hydroxylation is 1. The maximum absolute atomic E-state index is 15.4. The molecule has 4 aliphatic rings. The minimum atomic E-state index is -2.05. The molecule has 1 aliphatic carbocycles. The molecule has 0 radical (unpaired) electrons. The van der Waals surface area contributed by atoms with E-state index >= 15 is 4.39 Å². The van der Waals surface area contributed by atoms with Crippen molar-refractivity contribution in [3.05, 3.63) is 97.6 Å². The van der Waals surface area contributed by atoms with E-state index in [-0.39, 0.29) is 126 Å². The molecule has 5 heterocycles. The van der Waals surface area contributed by atoms with Crippen molar-refractivity contribution >= 4 is 75.6 Å². The smallest absolute Gasteiger partial charge is 0.343 e. The topological polar surface area (TPSA) is 324 Å². The Balaban J connectivity index is 0.806. The summed E-state index contributed by atoms with van der Waals surface area (Å²) in [6.45, 7) is 4.22. The lowest BCUT2D eigenvalue weighted by Gasteiger charge is -2.31. The van der Waals surface area contributed by atoms with Gasteiger partial charge in [0.15, 0.2) is 17.2 Å². The quantitative estimate of drug-likeness (QED) is 0.0250. The number of aliphatic carboxylic acids is 1. The molecule has 0 bridgehead atoms. The number of pyridine rings is 2. The lowest BCUT2D eigenvalue weighted by Crippen LogP contribution is -2.44.